The van der Waals surface area contributed by atoms with E-state index >= 15 is 0 Å². The number of rotatable bonds is 4. The van der Waals surface area contributed by atoms with E-state index in [0.29, 0.717) is 11.5 Å². The molecular formula is C17H25NO4S. The second-order valence-electron chi connectivity index (χ2n) is 6.64. The summed E-state index contributed by atoms with van der Waals surface area (Å²) in [5, 5.41) is 0. The topological polar surface area (TPSA) is 64.6 Å². The van der Waals surface area contributed by atoms with Crippen molar-refractivity contribution in [2.24, 2.45) is 0 Å². The Labute approximate surface area is 138 Å². The van der Waals surface area contributed by atoms with E-state index in [0.717, 1.165) is 36.8 Å². The van der Waals surface area contributed by atoms with Gasteiger partial charge >= 0.3 is 0 Å². The summed E-state index contributed by atoms with van der Waals surface area (Å²) in [5.74, 6) is -0.464. The number of nitrogens with one attached hydrogen (secondary N) is 1. The molecule has 1 atom stereocenters. The third-order valence-electron chi connectivity index (χ3n) is 4.65. The van der Waals surface area contributed by atoms with Gasteiger partial charge in [-0.3, -0.25) is 0 Å². The number of benzene rings is 1. The van der Waals surface area contributed by atoms with E-state index in [-0.39, 0.29) is 12.6 Å². The van der Waals surface area contributed by atoms with Crippen LogP contribution in [0.3, 0.4) is 0 Å². The molecule has 0 bridgehead atoms. The first-order valence-corrected chi connectivity index (χ1v) is 9.77. The first kappa shape index (κ1) is 16.9. The highest BCUT2D eigenvalue weighted by Gasteiger charge is 2.42. The van der Waals surface area contributed by atoms with Crippen molar-refractivity contribution in [2.45, 2.75) is 62.7 Å². The van der Waals surface area contributed by atoms with Crippen LogP contribution in [0.15, 0.2) is 23.1 Å². The quantitative estimate of drug-likeness (QED) is 0.916. The Morgan fingerprint density at radius 2 is 1.96 bits per heavy atom. The van der Waals surface area contributed by atoms with Crippen molar-refractivity contribution in [3.05, 3.63) is 29.3 Å². The maximum absolute atomic E-state index is 12.5. The molecule has 1 aliphatic heterocycles. The highest BCUT2D eigenvalue weighted by atomic mass is 32.2. The molecule has 6 heteroatoms. The van der Waals surface area contributed by atoms with Crippen LogP contribution in [-0.4, -0.2) is 33.5 Å². The van der Waals surface area contributed by atoms with Gasteiger partial charge in [0.25, 0.3) is 0 Å². The molecule has 2 fully saturated rings. The minimum Gasteiger partial charge on any atom is -0.347 e. The van der Waals surface area contributed by atoms with Gasteiger partial charge in [-0.1, -0.05) is 24.1 Å². The summed E-state index contributed by atoms with van der Waals surface area (Å²) < 4.78 is 39.5. The largest absolute Gasteiger partial charge is 0.347 e. The molecule has 23 heavy (non-hydrogen) atoms. The van der Waals surface area contributed by atoms with Crippen molar-refractivity contribution in [1.82, 2.24) is 4.72 Å². The van der Waals surface area contributed by atoms with Crippen molar-refractivity contribution in [2.75, 3.05) is 13.2 Å². The van der Waals surface area contributed by atoms with Crippen LogP contribution in [0.25, 0.3) is 0 Å². The Kier molecular flexibility index (Phi) is 4.78. The Bertz CT molecular complexity index is 665. The molecule has 1 heterocycles. The van der Waals surface area contributed by atoms with E-state index in [1.807, 2.05) is 26.0 Å². The summed E-state index contributed by atoms with van der Waals surface area (Å²) in [4.78, 5) is 0.328. The SMILES string of the molecule is Cc1ccc(S(=O)(=O)NC[C@H]2COC3(CCCCC3)O2)c(C)c1. The summed E-state index contributed by atoms with van der Waals surface area (Å²) in [5.41, 5.74) is 1.80. The van der Waals surface area contributed by atoms with Crippen LogP contribution in [0.5, 0.6) is 0 Å². The highest BCUT2D eigenvalue weighted by molar-refractivity contribution is 7.89. The van der Waals surface area contributed by atoms with E-state index in [1.165, 1.54) is 6.42 Å². The molecule has 0 radical (unpaired) electrons. The first-order valence-electron chi connectivity index (χ1n) is 8.29. The van der Waals surface area contributed by atoms with Gasteiger partial charge in [0.1, 0.15) is 0 Å². The van der Waals surface area contributed by atoms with Gasteiger partial charge in [-0.05, 0) is 38.3 Å². The number of aryl methyl sites for hydroxylation is 2. The van der Waals surface area contributed by atoms with Crippen LogP contribution in [0.1, 0.15) is 43.2 Å². The maximum Gasteiger partial charge on any atom is 0.240 e. The number of hydrogen-bond donors (Lipinski definition) is 1. The van der Waals surface area contributed by atoms with Crippen LogP contribution >= 0.6 is 0 Å². The molecule has 0 aromatic heterocycles. The van der Waals surface area contributed by atoms with Gasteiger partial charge in [0, 0.05) is 19.4 Å². The summed E-state index contributed by atoms with van der Waals surface area (Å²) in [6.45, 7) is 4.46. The molecule has 3 rings (SSSR count). The van der Waals surface area contributed by atoms with Gasteiger partial charge in [-0.25, -0.2) is 13.1 Å². The van der Waals surface area contributed by atoms with Crippen molar-refractivity contribution in [3.8, 4) is 0 Å². The highest BCUT2D eigenvalue weighted by Crippen LogP contribution is 2.37. The second-order valence-corrected chi connectivity index (χ2v) is 8.38. The first-order chi connectivity index (χ1) is 10.9. The third kappa shape index (κ3) is 3.76. The lowest BCUT2D eigenvalue weighted by Gasteiger charge is -2.31. The average Bonchev–Trinajstić information content (AvgIpc) is 2.88. The lowest BCUT2D eigenvalue weighted by molar-refractivity contribution is -0.186. The van der Waals surface area contributed by atoms with Gasteiger partial charge in [0.05, 0.1) is 17.6 Å². The van der Waals surface area contributed by atoms with E-state index < -0.39 is 15.8 Å². The molecular weight excluding hydrogens is 314 g/mol. The molecule has 1 saturated carbocycles. The second kappa shape index (κ2) is 6.51. The van der Waals surface area contributed by atoms with Crippen molar-refractivity contribution in [1.29, 1.82) is 0 Å². The van der Waals surface area contributed by atoms with Gasteiger partial charge in [0.15, 0.2) is 5.79 Å². The number of ether oxygens (including phenoxy) is 2. The number of sulfonamides is 1. The monoisotopic (exact) mass is 339 g/mol. The fraction of sp³-hybridized carbons (Fsp3) is 0.647. The van der Waals surface area contributed by atoms with Crippen LogP contribution in [0.2, 0.25) is 0 Å². The van der Waals surface area contributed by atoms with E-state index in [1.54, 1.807) is 6.07 Å². The third-order valence-corrected chi connectivity index (χ3v) is 6.23. The molecule has 1 spiro atoms. The Hall–Kier alpha value is -0.950. The van der Waals surface area contributed by atoms with Crippen molar-refractivity contribution < 1.29 is 17.9 Å². The lowest BCUT2D eigenvalue weighted by Crippen LogP contribution is -2.37. The van der Waals surface area contributed by atoms with Gasteiger partial charge < -0.3 is 9.47 Å². The summed E-state index contributed by atoms with van der Waals surface area (Å²) in [6.07, 6.45) is 5.05. The van der Waals surface area contributed by atoms with Crippen LogP contribution in [-0.2, 0) is 19.5 Å². The zero-order valence-electron chi connectivity index (χ0n) is 13.8. The van der Waals surface area contributed by atoms with Crippen molar-refractivity contribution in [3.63, 3.8) is 0 Å². The average molecular weight is 339 g/mol. The Morgan fingerprint density at radius 1 is 1.22 bits per heavy atom. The molecule has 0 unspecified atom stereocenters. The standard InChI is InChI=1S/C17H25NO4S/c1-13-6-7-16(14(2)10-13)23(19,20)18-11-15-12-21-17(22-15)8-4-3-5-9-17/h6-7,10,15,18H,3-5,8-9,11-12H2,1-2H3/t15-/m0/s1. The molecule has 5 nitrogen and oxygen atoms in total. The molecule has 2 aliphatic rings. The molecule has 128 valence electrons. The molecule has 1 aromatic carbocycles. The van der Waals surface area contributed by atoms with E-state index in [9.17, 15) is 8.42 Å². The van der Waals surface area contributed by atoms with E-state index in [4.69, 9.17) is 9.47 Å². The minimum atomic E-state index is -3.52. The zero-order chi connectivity index (χ0) is 16.5. The normalized spacial score (nSPS) is 24.2. The summed E-state index contributed by atoms with van der Waals surface area (Å²) >= 11 is 0. The lowest BCUT2D eigenvalue weighted by atomic mass is 9.94. The number of hydrogen-bond acceptors (Lipinski definition) is 4. The maximum atomic E-state index is 12.5. The van der Waals surface area contributed by atoms with Gasteiger partial charge in [0.2, 0.25) is 10.0 Å². The summed E-state index contributed by atoms with van der Waals surface area (Å²) in [7, 11) is -3.52. The van der Waals surface area contributed by atoms with E-state index in [2.05, 4.69) is 4.72 Å². The molecule has 0 amide bonds. The fourth-order valence-corrected chi connectivity index (χ4v) is 4.74. The smallest absolute Gasteiger partial charge is 0.240 e. The van der Waals surface area contributed by atoms with Crippen LogP contribution in [0.4, 0.5) is 0 Å². The van der Waals surface area contributed by atoms with Crippen LogP contribution in [0, 0.1) is 13.8 Å². The Balaban J connectivity index is 1.61. The predicted molar refractivity (Wildman–Crippen MR) is 87.7 cm³/mol. The van der Waals surface area contributed by atoms with Gasteiger partial charge in [-0.2, -0.15) is 0 Å². The van der Waals surface area contributed by atoms with Crippen molar-refractivity contribution >= 4 is 10.0 Å². The zero-order valence-corrected chi connectivity index (χ0v) is 14.6. The summed E-state index contributed by atoms with van der Waals surface area (Å²) in [6, 6.07) is 5.34. The van der Waals surface area contributed by atoms with Gasteiger partial charge in [-0.15, -0.1) is 0 Å². The Morgan fingerprint density at radius 3 is 2.65 bits per heavy atom. The minimum absolute atomic E-state index is 0.214. The van der Waals surface area contributed by atoms with Crippen LogP contribution < -0.4 is 4.72 Å². The predicted octanol–water partition coefficient (Wildman–Crippen LogP) is 2.66. The molecule has 1 aromatic rings. The fourth-order valence-electron chi connectivity index (χ4n) is 3.45. The molecule has 1 saturated heterocycles. The molecule has 1 N–H and O–H groups in total. The molecule has 1 aliphatic carbocycles.